The van der Waals surface area contributed by atoms with Crippen LogP contribution < -0.4 is 0 Å². The van der Waals surface area contributed by atoms with Gasteiger partial charge in [-0.25, -0.2) is 0 Å². The zero-order valence-corrected chi connectivity index (χ0v) is 15.1. The van der Waals surface area contributed by atoms with Gasteiger partial charge in [-0.05, 0) is 36.8 Å². The fraction of sp³-hybridized carbons (Fsp3) is 0.455. The van der Waals surface area contributed by atoms with E-state index in [-0.39, 0.29) is 0 Å². The van der Waals surface area contributed by atoms with Crippen molar-refractivity contribution >= 4 is 0 Å². The average Bonchev–Trinajstić information content (AvgIpc) is 2.68. The van der Waals surface area contributed by atoms with Gasteiger partial charge in [0.1, 0.15) is 6.79 Å². The Morgan fingerprint density at radius 3 is 1.80 bits per heavy atom. The van der Waals surface area contributed by atoms with Crippen LogP contribution in [0.4, 0.5) is 0 Å². The Balaban J connectivity index is 1.64. The van der Waals surface area contributed by atoms with E-state index in [9.17, 15) is 0 Å². The second kappa shape index (κ2) is 9.71. The van der Waals surface area contributed by atoms with E-state index in [1.54, 1.807) is 7.11 Å². The molecule has 0 spiro atoms. The minimum Gasteiger partial charge on any atom is -0.359 e. The van der Waals surface area contributed by atoms with Crippen molar-refractivity contribution < 1.29 is 9.47 Å². The third-order valence-electron chi connectivity index (χ3n) is 5.04. The van der Waals surface area contributed by atoms with Crippen molar-refractivity contribution in [2.24, 2.45) is 0 Å². The van der Waals surface area contributed by atoms with E-state index in [4.69, 9.17) is 9.47 Å². The molecule has 0 radical (unpaired) electrons. The maximum Gasteiger partial charge on any atom is 0.146 e. The Morgan fingerprint density at radius 1 is 0.800 bits per heavy atom. The summed E-state index contributed by atoms with van der Waals surface area (Å²) in [6.07, 6.45) is 4.97. The van der Waals surface area contributed by atoms with Gasteiger partial charge in [0.25, 0.3) is 0 Å². The van der Waals surface area contributed by atoms with Crippen molar-refractivity contribution in [2.75, 3.05) is 13.9 Å². The molecule has 0 unspecified atom stereocenters. The Morgan fingerprint density at radius 2 is 1.32 bits per heavy atom. The summed E-state index contributed by atoms with van der Waals surface area (Å²) in [6, 6.07) is 22.2. The minimum atomic E-state index is 0.353. The van der Waals surface area contributed by atoms with Crippen molar-refractivity contribution in [3.05, 3.63) is 71.8 Å². The van der Waals surface area contributed by atoms with E-state index >= 15 is 0 Å². The average molecular weight is 339 g/mol. The molecule has 134 valence electrons. The summed E-state index contributed by atoms with van der Waals surface area (Å²) < 4.78 is 10.8. The van der Waals surface area contributed by atoms with E-state index < -0.39 is 0 Å². The number of hydrogen-bond acceptors (Lipinski definition) is 3. The van der Waals surface area contributed by atoms with Crippen LogP contribution in [-0.4, -0.2) is 30.9 Å². The molecule has 1 saturated carbocycles. The molecule has 0 N–H and O–H groups in total. The lowest BCUT2D eigenvalue weighted by molar-refractivity contribution is -0.0885. The predicted octanol–water partition coefficient (Wildman–Crippen LogP) is 4.62. The highest BCUT2D eigenvalue weighted by molar-refractivity contribution is 5.17. The predicted molar refractivity (Wildman–Crippen MR) is 101 cm³/mol. The van der Waals surface area contributed by atoms with Crippen LogP contribution in [0.1, 0.15) is 36.8 Å². The highest BCUT2D eigenvalue weighted by Gasteiger charge is 2.26. The van der Waals surface area contributed by atoms with E-state index in [1.165, 1.54) is 24.0 Å². The summed E-state index contributed by atoms with van der Waals surface area (Å²) in [4.78, 5) is 2.64. The Labute approximate surface area is 151 Å². The van der Waals surface area contributed by atoms with Gasteiger partial charge in [-0.2, -0.15) is 0 Å². The van der Waals surface area contributed by atoms with Crippen LogP contribution in [0.15, 0.2) is 60.7 Å². The molecule has 1 aliphatic rings. The molecule has 0 bridgehead atoms. The van der Waals surface area contributed by atoms with Crippen molar-refractivity contribution in [3.8, 4) is 0 Å². The van der Waals surface area contributed by atoms with Crippen LogP contribution in [0.5, 0.6) is 0 Å². The first kappa shape index (κ1) is 18.1. The number of rotatable bonds is 8. The summed E-state index contributed by atoms with van der Waals surface area (Å²) in [6.45, 7) is 2.42. The molecule has 0 saturated heterocycles. The van der Waals surface area contributed by atoms with Crippen LogP contribution in [0, 0.1) is 0 Å². The van der Waals surface area contributed by atoms with Crippen molar-refractivity contribution in [1.82, 2.24) is 4.90 Å². The SMILES string of the molecule is COCOC1CCC(N(Cc2ccccc2)Cc2ccccc2)CC1. The van der Waals surface area contributed by atoms with E-state index in [2.05, 4.69) is 65.6 Å². The molecule has 0 aromatic heterocycles. The Kier molecular flexibility index (Phi) is 7.04. The molecule has 3 nitrogen and oxygen atoms in total. The molecule has 25 heavy (non-hydrogen) atoms. The molecular formula is C22H29NO2. The Bertz CT molecular complexity index is 552. The maximum absolute atomic E-state index is 5.76. The first-order chi connectivity index (χ1) is 12.3. The number of benzene rings is 2. The third-order valence-corrected chi connectivity index (χ3v) is 5.04. The van der Waals surface area contributed by atoms with Gasteiger partial charge in [-0.3, -0.25) is 4.90 Å². The lowest BCUT2D eigenvalue weighted by atomic mass is 9.91. The van der Waals surface area contributed by atoms with Crippen LogP contribution in [0.25, 0.3) is 0 Å². The second-order valence-corrected chi connectivity index (χ2v) is 6.88. The van der Waals surface area contributed by atoms with E-state index in [0.29, 0.717) is 18.9 Å². The number of methoxy groups -OCH3 is 1. The zero-order valence-electron chi connectivity index (χ0n) is 15.1. The quantitative estimate of drug-likeness (QED) is 0.655. The first-order valence-electron chi connectivity index (χ1n) is 9.27. The fourth-order valence-corrected chi connectivity index (χ4v) is 3.69. The largest absolute Gasteiger partial charge is 0.359 e. The number of nitrogens with zero attached hydrogens (tertiary/aromatic N) is 1. The lowest BCUT2D eigenvalue weighted by Crippen LogP contribution is -2.38. The smallest absolute Gasteiger partial charge is 0.146 e. The summed E-state index contributed by atoms with van der Waals surface area (Å²) in [7, 11) is 1.69. The molecule has 3 heteroatoms. The summed E-state index contributed by atoms with van der Waals surface area (Å²) in [5, 5.41) is 0. The molecule has 1 fully saturated rings. The van der Waals surface area contributed by atoms with Crippen molar-refractivity contribution in [3.63, 3.8) is 0 Å². The number of ether oxygens (including phenoxy) is 2. The summed E-state index contributed by atoms with van der Waals surface area (Å²) >= 11 is 0. The van der Waals surface area contributed by atoms with Gasteiger partial charge in [0.05, 0.1) is 6.10 Å². The van der Waals surface area contributed by atoms with E-state index in [0.717, 1.165) is 25.9 Å². The van der Waals surface area contributed by atoms with Gasteiger partial charge >= 0.3 is 0 Å². The second-order valence-electron chi connectivity index (χ2n) is 6.88. The van der Waals surface area contributed by atoms with Gasteiger partial charge in [0.15, 0.2) is 0 Å². The normalized spacial score (nSPS) is 20.7. The highest BCUT2D eigenvalue weighted by Crippen LogP contribution is 2.27. The summed E-state index contributed by atoms with van der Waals surface area (Å²) in [5.41, 5.74) is 2.77. The van der Waals surface area contributed by atoms with Crippen LogP contribution in [0.2, 0.25) is 0 Å². The van der Waals surface area contributed by atoms with Crippen LogP contribution in [-0.2, 0) is 22.6 Å². The van der Waals surface area contributed by atoms with E-state index in [1.807, 2.05) is 0 Å². The molecule has 2 aromatic carbocycles. The van der Waals surface area contributed by atoms with Crippen LogP contribution in [0.3, 0.4) is 0 Å². The molecule has 1 aliphatic carbocycles. The maximum atomic E-state index is 5.76. The first-order valence-corrected chi connectivity index (χ1v) is 9.27. The topological polar surface area (TPSA) is 21.7 Å². The highest BCUT2D eigenvalue weighted by atomic mass is 16.7. The molecular weight excluding hydrogens is 310 g/mol. The molecule has 0 amide bonds. The van der Waals surface area contributed by atoms with Crippen molar-refractivity contribution in [2.45, 2.75) is 50.9 Å². The molecule has 2 aromatic rings. The lowest BCUT2D eigenvalue weighted by Gasteiger charge is -2.37. The molecule has 0 aliphatic heterocycles. The van der Waals surface area contributed by atoms with Crippen molar-refractivity contribution in [1.29, 1.82) is 0 Å². The Hall–Kier alpha value is -1.68. The molecule has 3 rings (SSSR count). The standard InChI is InChI=1S/C22H29NO2/c1-24-18-25-22-14-12-21(13-15-22)23(16-19-8-4-2-5-9-19)17-20-10-6-3-7-11-20/h2-11,21-22H,12-18H2,1H3. The monoisotopic (exact) mass is 339 g/mol. The minimum absolute atomic E-state index is 0.353. The van der Waals surface area contributed by atoms with Gasteiger partial charge in [0.2, 0.25) is 0 Å². The van der Waals surface area contributed by atoms with Gasteiger partial charge in [-0.15, -0.1) is 0 Å². The van der Waals surface area contributed by atoms with Crippen LogP contribution >= 0.6 is 0 Å². The van der Waals surface area contributed by atoms with Gasteiger partial charge in [0, 0.05) is 26.2 Å². The van der Waals surface area contributed by atoms with Gasteiger partial charge in [-0.1, -0.05) is 60.7 Å². The zero-order chi connectivity index (χ0) is 17.3. The van der Waals surface area contributed by atoms with Gasteiger partial charge < -0.3 is 9.47 Å². The molecule has 0 atom stereocenters. The summed E-state index contributed by atoms with van der Waals surface area (Å²) in [5.74, 6) is 0. The number of hydrogen-bond donors (Lipinski definition) is 0. The fourth-order valence-electron chi connectivity index (χ4n) is 3.69. The molecule has 0 heterocycles. The third kappa shape index (κ3) is 5.67.